The Balaban J connectivity index is 1.41. The molecule has 2 aromatic carbocycles. The number of benzene rings is 2. The zero-order valence-corrected chi connectivity index (χ0v) is 19.8. The second kappa shape index (κ2) is 10.7. The number of aryl methyl sites for hydroxylation is 1. The van der Waals surface area contributed by atoms with Crippen molar-refractivity contribution in [2.45, 2.75) is 64.8 Å². The molecular weight excluding hydrogens is 400 g/mol. The SMILES string of the molecule is CCOc1ccc(C(=O)N2CCC(NC(=O)CCc3ccc(C(C)(C)C)cc3)CC2)cc1. The summed E-state index contributed by atoms with van der Waals surface area (Å²) in [5, 5.41) is 3.15. The second-order valence-electron chi connectivity index (χ2n) is 9.54. The van der Waals surface area contributed by atoms with Crippen LogP contribution in [-0.4, -0.2) is 42.5 Å². The standard InChI is InChI=1S/C27H36N2O3/c1-5-32-24-13-9-21(10-14-24)26(31)29-18-16-23(17-19-29)28-25(30)15-8-20-6-11-22(12-7-20)27(2,3)4/h6-7,9-14,23H,5,8,15-19H2,1-4H3,(H,28,30). The lowest BCUT2D eigenvalue weighted by atomic mass is 9.86. The quantitative estimate of drug-likeness (QED) is 0.682. The number of rotatable bonds is 7. The molecule has 0 saturated carbocycles. The van der Waals surface area contributed by atoms with Crippen LogP contribution in [0.15, 0.2) is 48.5 Å². The smallest absolute Gasteiger partial charge is 0.253 e. The maximum absolute atomic E-state index is 12.7. The van der Waals surface area contributed by atoms with Gasteiger partial charge in [-0.2, -0.15) is 0 Å². The molecule has 0 radical (unpaired) electrons. The Morgan fingerprint density at radius 3 is 2.19 bits per heavy atom. The Morgan fingerprint density at radius 2 is 1.62 bits per heavy atom. The highest BCUT2D eigenvalue weighted by Gasteiger charge is 2.24. The summed E-state index contributed by atoms with van der Waals surface area (Å²) in [6.07, 6.45) is 2.80. The zero-order valence-electron chi connectivity index (χ0n) is 19.8. The highest BCUT2D eigenvalue weighted by atomic mass is 16.5. The number of nitrogens with zero attached hydrogens (tertiary/aromatic N) is 1. The van der Waals surface area contributed by atoms with E-state index in [4.69, 9.17) is 4.74 Å². The molecule has 1 aliphatic rings. The third kappa shape index (κ3) is 6.59. The van der Waals surface area contributed by atoms with E-state index in [2.05, 4.69) is 50.4 Å². The maximum atomic E-state index is 12.7. The molecule has 3 rings (SSSR count). The fourth-order valence-corrected chi connectivity index (χ4v) is 4.00. The Kier molecular flexibility index (Phi) is 7.94. The van der Waals surface area contributed by atoms with E-state index in [1.807, 2.05) is 36.1 Å². The van der Waals surface area contributed by atoms with Crippen molar-refractivity contribution in [2.24, 2.45) is 0 Å². The Morgan fingerprint density at radius 1 is 1.00 bits per heavy atom. The van der Waals surface area contributed by atoms with Crippen LogP contribution in [0.5, 0.6) is 5.75 Å². The number of amides is 2. The lowest BCUT2D eigenvalue weighted by Crippen LogP contribution is -2.46. The van der Waals surface area contributed by atoms with E-state index in [1.54, 1.807) is 0 Å². The summed E-state index contributed by atoms with van der Waals surface area (Å²) < 4.78 is 5.44. The van der Waals surface area contributed by atoms with Crippen LogP contribution < -0.4 is 10.1 Å². The Hall–Kier alpha value is -2.82. The first-order chi connectivity index (χ1) is 15.3. The number of hydrogen-bond acceptors (Lipinski definition) is 3. The van der Waals surface area contributed by atoms with Gasteiger partial charge in [-0.25, -0.2) is 0 Å². The van der Waals surface area contributed by atoms with Crippen LogP contribution in [0.25, 0.3) is 0 Å². The monoisotopic (exact) mass is 436 g/mol. The molecule has 0 spiro atoms. The van der Waals surface area contributed by atoms with Crippen LogP contribution in [0.4, 0.5) is 0 Å². The number of piperidine rings is 1. The van der Waals surface area contributed by atoms with Gasteiger partial charge >= 0.3 is 0 Å². The number of nitrogens with one attached hydrogen (secondary N) is 1. The molecular formula is C27H36N2O3. The molecule has 2 aromatic rings. The van der Waals surface area contributed by atoms with Gasteiger partial charge in [0.2, 0.25) is 5.91 Å². The first-order valence-electron chi connectivity index (χ1n) is 11.7. The van der Waals surface area contributed by atoms with E-state index < -0.39 is 0 Å². The molecule has 5 nitrogen and oxygen atoms in total. The van der Waals surface area contributed by atoms with Crippen LogP contribution in [-0.2, 0) is 16.6 Å². The molecule has 0 aliphatic carbocycles. The van der Waals surface area contributed by atoms with Crippen molar-refractivity contribution in [1.82, 2.24) is 10.2 Å². The predicted octanol–water partition coefficient (Wildman–Crippen LogP) is 4.74. The number of hydrogen-bond donors (Lipinski definition) is 1. The second-order valence-corrected chi connectivity index (χ2v) is 9.54. The topological polar surface area (TPSA) is 58.6 Å². The molecule has 0 atom stereocenters. The molecule has 5 heteroatoms. The highest BCUT2D eigenvalue weighted by Crippen LogP contribution is 2.22. The number of carbonyl (C=O) groups excluding carboxylic acids is 2. The average molecular weight is 437 g/mol. The predicted molar refractivity (Wildman–Crippen MR) is 128 cm³/mol. The summed E-state index contributed by atoms with van der Waals surface area (Å²) in [6, 6.07) is 16.0. The van der Waals surface area contributed by atoms with Gasteiger partial charge in [0.1, 0.15) is 5.75 Å². The van der Waals surface area contributed by atoms with Crippen molar-refractivity contribution in [2.75, 3.05) is 19.7 Å². The van der Waals surface area contributed by atoms with E-state index in [-0.39, 0.29) is 23.3 Å². The summed E-state index contributed by atoms with van der Waals surface area (Å²) >= 11 is 0. The summed E-state index contributed by atoms with van der Waals surface area (Å²) in [6.45, 7) is 10.5. The summed E-state index contributed by atoms with van der Waals surface area (Å²) in [5.74, 6) is 0.897. The van der Waals surface area contributed by atoms with Gasteiger partial charge in [0.15, 0.2) is 0 Å². The summed E-state index contributed by atoms with van der Waals surface area (Å²) in [7, 11) is 0. The fourth-order valence-electron chi connectivity index (χ4n) is 4.00. The van der Waals surface area contributed by atoms with Gasteiger partial charge < -0.3 is 15.0 Å². The van der Waals surface area contributed by atoms with Crippen LogP contribution in [0.1, 0.15) is 68.4 Å². The fraction of sp³-hybridized carbons (Fsp3) is 0.481. The molecule has 0 bridgehead atoms. The molecule has 172 valence electrons. The largest absolute Gasteiger partial charge is 0.494 e. The molecule has 1 saturated heterocycles. The highest BCUT2D eigenvalue weighted by molar-refractivity contribution is 5.94. The van der Waals surface area contributed by atoms with Crippen molar-refractivity contribution in [3.8, 4) is 5.75 Å². The average Bonchev–Trinajstić information content (AvgIpc) is 2.78. The third-order valence-electron chi connectivity index (χ3n) is 6.02. The van der Waals surface area contributed by atoms with Gasteiger partial charge in [-0.1, -0.05) is 45.0 Å². The Bertz CT molecular complexity index is 890. The van der Waals surface area contributed by atoms with Gasteiger partial charge in [0, 0.05) is 31.1 Å². The summed E-state index contributed by atoms with van der Waals surface area (Å²) in [4.78, 5) is 27.0. The van der Waals surface area contributed by atoms with Crippen LogP contribution in [0.3, 0.4) is 0 Å². The third-order valence-corrected chi connectivity index (χ3v) is 6.02. The van der Waals surface area contributed by atoms with Crippen LogP contribution >= 0.6 is 0 Å². The minimum absolute atomic E-state index is 0.0385. The van der Waals surface area contributed by atoms with E-state index in [1.165, 1.54) is 11.1 Å². The van der Waals surface area contributed by atoms with Crippen LogP contribution in [0, 0.1) is 0 Å². The number of likely N-dealkylation sites (tertiary alicyclic amines) is 1. The normalized spacial score (nSPS) is 14.8. The zero-order chi connectivity index (χ0) is 23.1. The lowest BCUT2D eigenvalue weighted by molar-refractivity contribution is -0.122. The van der Waals surface area contributed by atoms with E-state index in [0.29, 0.717) is 31.7 Å². The molecule has 1 heterocycles. The first-order valence-corrected chi connectivity index (χ1v) is 11.7. The van der Waals surface area contributed by atoms with E-state index in [9.17, 15) is 9.59 Å². The molecule has 0 aromatic heterocycles. The van der Waals surface area contributed by atoms with Crippen molar-refractivity contribution in [3.05, 3.63) is 65.2 Å². The minimum Gasteiger partial charge on any atom is -0.494 e. The molecule has 0 unspecified atom stereocenters. The van der Waals surface area contributed by atoms with Crippen molar-refractivity contribution in [1.29, 1.82) is 0 Å². The van der Waals surface area contributed by atoms with Crippen molar-refractivity contribution < 1.29 is 14.3 Å². The molecule has 1 fully saturated rings. The molecule has 2 amide bonds. The van der Waals surface area contributed by atoms with Crippen LogP contribution in [0.2, 0.25) is 0 Å². The minimum atomic E-state index is 0.0385. The van der Waals surface area contributed by atoms with Crippen molar-refractivity contribution in [3.63, 3.8) is 0 Å². The van der Waals surface area contributed by atoms with Gasteiger partial charge in [-0.15, -0.1) is 0 Å². The number of ether oxygens (including phenoxy) is 1. The van der Waals surface area contributed by atoms with E-state index >= 15 is 0 Å². The van der Waals surface area contributed by atoms with Gasteiger partial charge in [-0.05, 0) is 67.0 Å². The first kappa shape index (κ1) is 23.8. The summed E-state index contributed by atoms with van der Waals surface area (Å²) in [5.41, 5.74) is 3.30. The van der Waals surface area contributed by atoms with Crippen molar-refractivity contribution >= 4 is 11.8 Å². The molecule has 1 aliphatic heterocycles. The number of carbonyl (C=O) groups is 2. The lowest BCUT2D eigenvalue weighted by Gasteiger charge is -2.32. The van der Waals surface area contributed by atoms with E-state index in [0.717, 1.165) is 25.0 Å². The molecule has 32 heavy (non-hydrogen) atoms. The Labute approximate surface area is 192 Å². The molecule has 1 N–H and O–H groups in total. The maximum Gasteiger partial charge on any atom is 0.253 e. The van der Waals surface area contributed by atoms with Gasteiger partial charge in [-0.3, -0.25) is 9.59 Å². The van der Waals surface area contributed by atoms with Gasteiger partial charge in [0.25, 0.3) is 5.91 Å². The van der Waals surface area contributed by atoms with Gasteiger partial charge in [0.05, 0.1) is 6.61 Å².